The van der Waals surface area contributed by atoms with Crippen LogP contribution in [0.1, 0.15) is 48.6 Å². The molecule has 6 heteroatoms. The first-order chi connectivity index (χ1) is 17.4. The van der Waals surface area contributed by atoms with E-state index in [0.717, 1.165) is 22.2 Å². The van der Waals surface area contributed by atoms with E-state index in [2.05, 4.69) is 0 Å². The van der Waals surface area contributed by atoms with Crippen molar-refractivity contribution in [1.82, 2.24) is 4.90 Å². The lowest BCUT2D eigenvalue weighted by atomic mass is 9.94. The number of carbonyl (C=O) groups excluding carboxylic acids is 3. The zero-order valence-electron chi connectivity index (χ0n) is 20.1. The Morgan fingerprint density at radius 2 is 1.53 bits per heavy atom. The van der Waals surface area contributed by atoms with Crippen LogP contribution in [0, 0.1) is 13.8 Å². The van der Waals surface area contributed by atoms with E-state index in [0.29, 0.717) is 40.1 Å². The Kier molecular flexibility index (Phi) is 6.33. The van der Waals surface area contributed by atoms with Gasteiger partial charge in [-0.2, -0.15) is 0 Å². The number of halogens is 1. The predicted molar refractivity (Wildman–Crippen MR) is 143 cm³/mol. The zero-order valence-corrected chi connectivity index (χ0v) is 20.9. The van der Waals surface area contributed by atoms with Crippen LogP contribution in [0.15, 0.2) is 78.9 Å². The number of hydrogen-bond donors (Lipinski definition) is 0. The second kappa shape index (κ2) is 9.59. The lowest BCUT2D eigenvalue weighted by Gasteiger charge is -2.29. The summed E-state index contributed by atoms with van der Waals surface area (Å²) in [5.41, 5.74) is 4.30. The summed E-state index contributed by atoms with van der Waals surface area (Å²) in [6, 6.07) is 23.9. The van der Waals surface area contributed by atoms with Gasteiger partial charge in [-0.05, 0) is 61.5 Å². The van der Waals surface area contributed by atoms with Crippen molar-refractivity contribution in [2.24, 2.45) is 0 Å². The number of nitrogens with zero attached hydrogens (tertiary/aromatic N) is 2. The van der Waals surface area contributed by atoms with Crippen LogP contribution in [-0.2, 0) is 0 Å². The van der Waals surface area contributed by atoms with E-state index in [1.54, 1.807) is 41.3 Å². The Bertz CT molecular complexity index is 1480. The van der Waals surface area contributed by atoms with E-state index in [4.69, 9.17) is 11.6 Å². The summed E-state index contributed by atoms with van der Waals surface area (Å²) in [6.07, 6.45) is 0.416. The minimum atomic E-state index is -0.306. The summed E-state index contributed by atoms with van der Waals surface area (Å²) in [5.74, 6) is -0.835. The monoisotopic (exact) mass is 496 g/mol. The zero-order chi connectivity index (χ0) is 25.4. The summed E-state index contributed by atoms with van der Waals surface area (Å²) in [7, 11) is 0. The standard InChI is InChI=1S/C30H25ClN2O3/c1-19-14-15-26(20(2)18-19)32(28(34)22-10-3-4-13-25(22)31)16-7-17-33-29(35)23-11-5-8-21-9-6-12-24(27(21)23)30(33)36/h3-6,8-15,18H,7,16-17H2,1-2H3. The molecule has 0 saturated heterocycles. The lowest BCUT2D eigenvalue weighted by Crippen LogP contribution is -2.42. The van der Waals surface area contributed by atoms with Gasteiger partial charge in [-0.3, -0.25) is 19.3 Å². The van der Waals surface area contributed by atoms with Crippen molar-refractivity contribution < 1.29 is 14.4 Å². The van der Waals surface area contributed by atoms with Crippen LogP contribution in [0.4, 0.5) is 5.69 Å². The van der Waals surface area contributed by atoms with Gasteiger partial charge in [0.05, 0.1) is 10.6 Å². The van der Waals surface area contributed by atoms with Gasteiger partial charge in [-0.25, -0.2) is 0 Å². The highest BCUT2D eigenvalue weighted by Gasteiger charge is 2.32. The summed E-state index contributed by atoms with van der Waals surface area (Å²) >= 11 is 6.35. The van der Waals surface area contributed by atoms with Crippen molar-refractivity contribution >= 4 is 45.8 Å². The Labute approximate surface area is 214 Å². The van der Waals surface area contributed by atoms with E-state index in [1.807, 2.05) is 56.3 Å². The molecule has 3 amide bonds. The van der Waals surface area contributed by atoms with Gasteiger partial charge in [0.25, 0.3) is 17.7 Å². The average Bonchev–Trinajstić information content (AvgIpc) is 2.87. The minimum absolute atomic E-state index is 0.194. The first-order valence-electron chi connectivity index (χ1n) is 11.9. The number of rotatable bonds is 6. The fourth-order valence-corrected chi connectivity index (χ4v) is 5.11. The van der Waals surface area contributed by atoms with Gasteiger partial charge in [0.1, 0.15) is 0 Å². The maximum atomic E-state index is 13.6. The molecule has 180 valence electrons. The normalized spacial score (nSPS) is 12.8. The molecule has 0 unspecified atom stereocenters. The van der Waals surface area contributed by atoms with E-state index in [-0.39, 0.29) is 24.3 Å². The minimum Gasteiger partial charge on any atom is -0.308 e. The highest BCUT2D eigenvalue weighted by molar-refractivity contribution is 6.34. The molecule has 0 saturated carbocycles. The molecule has 4 aromatic carbocycles. The van der Waals surface area contributed by atoms with Crippen molar-refractivity contribution in [2.75, 3.05) is 18.0 Å². The van der Waals surface area contributed by atoms with Gasteiger partial charge < -0.3 is 4.90 Å². The highest BCUT2D eigenvalue weighted by Crippen LogP contribution is 2.31. The number of amides is 3. The van der Waals surface area contributed by atoms with Gasteiger partial charge >= 0.3 is 0 Å². The van der Waals surface area contributed by atoms with Crippen molar-refractivity contribution in [1.29, 1.82) is 0 Å². The maximum Gasteiger partial charge on any atom is 0.261 e. The molecule has 0 spiro atoms. The molecule has 0 aromatic heterocycles. The third kappa shape index (κ3) is 4.16. The molecule has 0 bridgehead atoms. The summed E-state index contributed by atoms with van der Waals surface area (Å²) in [5, 5.41) is 1.96. The number of imide groups is 1. The Morgan fingerprint density at radius 1 is 0.861 bits per heavy atom. The second-order valence-corrected chi connectivity index (χ2v) is 9.46. The van der Waals surface area contributed by atoms with Gasteiger partial charge in [0.15, 0.2) is 0 Å². The number of benzene rings is 4. The fraction of sp³-hybridized carbons (Fsp3) is 0.167. The molecule has 0 N–H and O–H groups in total. The number of anilines is 1. The van der Waals surface area contributed by atoms with Gasteiger partial charge in [-0.1, -0.05) is 65.7 Å². The molecule has 4 aromatic rings. The second-order valence-electron chi connectivity index (χ2n) is 9.05. The van der Waals surface area contributed by atoms with E-state index >= 15 is 0 Å². The fourth-order valence-electron chi connectivity index (χ4n) is 4.89. The molecular formula is C30H25ClN2O3. The van der Waals surface area contributed by atoms with Gasteiger partial charge in [-0.15, -0.1) is 0 Å². The predicted octanol–water partition coefficient (Wildman–Crippen LogP) is 6.44. The maximum absolute atomic E-state index is 13.6. The molecule has 0 fully saturated rings. The van der Waals surface area contributed by atoms with E-state index in [9.17, 15) is 14.4 Å². The van der Waals surface area contributed by atoms with Crippen LogP contribution < -0.4 is 4.90 Å². The number of aryl methyl sites for hydroxylation is 2. The van der Waals surface area contributed by atoms with Crippen molar-refractivity contribution in [3.63, 3.8) is 0 Å². The van der Waals surface area contributed by atoms with Gasteiger partial charge in [0.2, 0.25) is 0 Å². The molecular weight excluding hydrogens is 472 g/mol. The van der Waals surface area contributed by atoms with Crippen LogP contribution in [0.25, 0.3) is 10.8 Å². The topological polar surface area (TPSA) is 57.7 Å². The van der Waals surface area contributed by atoms with E-state index < -0.39 is 0 Å². The first kappa shape index (κ1) is 23.8. The molecule has 5 rings (SSSR count). The third-order valence-corrected chi connectivity index (χ3v) is 6.94. The largest absolute Gasteiger partial charge is 0.308 e. The highest BCUT2D eigenvalue weighted by atomic mass is 35.5. The van der Waals surface area contributed by atoms with Crippen LogP contribution in [0.5, 0.6) is 0 Å². The van der Waals surface area contributed by atoms with Crippen LogP contribution in [-0.4, -0.2) is 35.7 Å². The number of hydrogen-bond acceptors (Lipinski definition) is 3. The first-order valence-corrected chi connectivity index (χ1v) is 12.3. The molecule has 1 heterocycles. The smallest absolute Gasteiger partial charge is 0.261 e. The quantitative estimate of drug-likeness (QED) is 0.288. The van der Waals surface area contributed by atoms with Crippen LogP contribution in [0.3, 0.4) is 0 Å². The van der Waals surface area contributed by atoms with Crippen molar-refractivity contribution in [3.05, 3.63) is 112 Å². The molecule has 1 aliphatic rings. The Hall–Kier alpha value is -3.96. The van der Waals surface area contributed by atoms with Crippen molar-refractivity contribution in [2.45, 2.75) is 20.3 Å². The lowest BCUT2D eigenvalue weighted by molar-refractivity contribution is 0.0610. The van der Waals surface area contributed by atoms with Crippen LogP contribution >= 0.6 is 11.6 Å². The Morgan fingerprint density at radius 3 is 2.17 bits per heavy atom. The van der Waals surface area contributed by atoms with Crippen molar-refractivity contribution in [3.8, 4) is 0 Å². The Balaban J connectivity index is 1.42. The summed E-state index contributed by atoms with van der Waals surface area (Å²) < 4.78 is 0. The summed E-state index contributed by atoms with van der Waals surface area (Å²) in [4.78, 5) is 43.1. The van der Waals surface area contributed by atoms with E-state index in [1.165, 1.54) is 4.90 Å². The molecule has 5 nitrogen and oxygen atoms in total. The number of carbonyl (C=O) groups is 3. The molecule has 0 radical (unpaired) electrons. The summed E-state index contributed by atoms with van der Waals surface area (Å²) in [6.45, 7) is 4.48. The molecule has 0 aliphatic carbocycles. The molecule has 36 heavy (non-hydrogen) atoms. The molecule has 1 aliphatic heterocycles. The average molecular weight is 497 g/mol. The van der Waals surface area contributed by atoms with Crippen LogP contribution in [0.2, 0.25) is 5.02 Å². The molecule has 0 atom stereocenters. The SMILES string of the molecule is Cc1ccc(N(CCCN2C(=O)c3cccc4cccc(c34)C2=O)C(=O)c2ccccc2Cl)c(C)c1. The van der Waals surface area contributed by atoms with Gasteiger partial charge in [0, 0.05) is 35.3 Å². The third-order valence-electron chi connectivity index (χ3n) is 6.61.